The van der Waals surface area contributed by atoms with Gasteiger partial charge in [0.05, 0.1) is 29.8 Å². The van der Waals surface area contributed by atoms with E-state index in [1.54, 1.807) is 6.07 Å². The Morgan fingerprint density at radius 1 is 1.10 bits per heavy atom. The van der Waals surface area contributed by atoms with E-state index in [0.717, 1.165) is 16.9 Å². The van der Waals surface area contributed by atoms with Gasteiger partial charge in [0.15, 0.2) is 0 Å². The first-order valence-electron chi connectivity index (χ1n) is 6.70. The molecule has 106 valence electrons. The number of aromatic nitrogens is 3. The zero-order valence-corrected chi connectivity index (χ0v) is 11.6. The third kappa shape index (κ3) is 3.08. The summed E-state index contributed by atoms with van der Waals surface area (Å²) in [7, 11) is 0. The molecule has 3 rings (SSSR count). The van der Waals surface area contributed by atoms with Crippen LogP contribution in [-0.2, 0) is 0 Å². The van der Waals surface area contributed by atoms with Gasteiger partial charge in [0.25, 0.3) is 0 Å². The summed E-state index contributed by atoms with van der Waals surface area (Å²) in [6.45, 7) is 2.02. The van der Waals surface area contributed by atoms with Crippen LogP contribution in [0.5, 0.6) is 0 Å². The highest BCUT2D eigenvalue weighted by molar-refractivity contribution is 5.42. The van der Waals surface area contributed by atoms with Crippen LogP contribution in [0.1, 0.15) is 18.5 Å². The summed E-state index contributed by atoms with van der Waals surface area (Å²) >= 11 is 0. The molecule has 1 unspecified atom stereocenters. The van der Waals surface area contributed by atoms with Gasteiger partial charge in [0, 0.05) is 11.8 Å². The molecule has 3 aromatic rings. The molecular formula is C16H15FN4. The quantitative estimate of drug-likeness (QED) is 0.744. The van der Waals surface area contributed by atoms with E-state index in [4.69, 9.17) is 0 Å². The smallest absolute Gasteiger partial charge is 0.212 e. The fourth-order valence-electron chi connectivity index (χ4n) is 2.08. The van der Waals surface area contributed by atoms with Crippen LogP contribution >= 0.6 is 0 Å². The average molecular weight is 282 g/mol. The van der Waals surface area contributed by atoms with Crippen LogP contribution in [0, 0.1) is 5.95 Å². The number of anilines is 1. The number of benzene rings is 1. The van der Waals surface area contributed by atoms with Gasteiger partial charge in [-0.2, -0.15) is 9.49 Å². The Bertz CT molecular complexity index is 707. The van der Waals surface area contributed by atoms with E-state index in [1.807, 2.05) is 54.3 Å². The van der Waals surface area contributed by atoms with Crippen LogP contribution in [-0.4, -0.2) is 14.8 Å². The number of para-hydroxylation sites is 1. The van der Waals surface area contributed by atoms with Crippen LogP contribution in [0.4, 0.5) is 10.1 Å². The molecule has 1 aromatic carbocycles. The maximum Gasteiger partial charge on any atom is 0.212 e. The van der Waals surface area contributed by atoms with Gasteiger partial charge in [-0.1, -0.05) is 18.2 Å². The highest BCUT2D eigenvalue weighted by atomic mass is 19.1. The predicted molar refractivity (Wildman–Crippen MR) is 79.8 cm³/mol. The Morgan fingerprint density at radius 2 is 1.90 bits per heavy atom. The van der Waals surface area contributed by atoms with Gasteiger partial charge in [0.2, 0.25) is 5.95 Å². The number of hydrogen-bond donors (Lipinski definition) is 1. The molecule has 1 atom stereocenters. The lowest BCUT2D eigenvalue weighted by Gasteiger charge is -2.12. The summed E-state index contributed by atoms with van der Waals surface area (Å²) in [5.41, 5.74) is 2.83. The van der Waals surface area contributed by atoms with E-state index in [1.165, 1.54) is 12.3 Å². The number of pyridine rings is 1. The van der Waals surface area contributed by atoms with Gasteiger partial charge in [-0.05, 0) is 31.2 Å². The molecule has 0 spiro atoms. The fraction of sp³-hybridized carbons (Fsp3) is 0.125. The van der Waals surface area contributed by atoms with Crippen molar-refractivity contribution in [3.63, 3.8) is 0 Å². The van der Waals surface area contributed by atoms with Gasteiger partial charge in [-0.3, -0.25) is 0 Å². The van der Waals surface area contributed by atoms with Crippen LogP contribution in [0.3, 0.4) is 0 Å². The molecule has 0 aliphatic heterocycles. The summed E-state index contributed by atoms with van der Waals surface area (Å²) in [6, 6.07) is 13.0. The first-order chi connectivity index (χ1) is 10.2. The highest BCUT2D eigenvalue weighted by Crippen LogP contribution is 2.19. The van der Waals surface area contributed by atoms with Crippen LogP contribution < -0.4 is 5.32 Å². The SMILES string of the molecule is CC(Nc1ccc(F)nc1)c1cnn(-c2ccccc2)c1. The minimum Gasteiger partial charge on any atom is -0.377 e. The molecular weight excluding hydrogens is 267 g/mol. The largest absolute Gasteiger partial charge is 0.377 e. The molecule has 0 aliphatic rings. The monoisotopic (exact) mass is 282 g/mol. The second-order valence-corrected chi connectivity index (χ2v) is 4.79. The third-order valence-corrected chi connectivity index (χ3v) is 3.23. The van der Waals surface area contributed by atoms with Crippen molar-refractivity contribution >= 4 is 5.69 Å². The van der Waals surface area contributed by atoms with Crippen molar-refractivity contribution in [3.05, 3.63) is 72.6 Å². The van der Waals surface area contributed by atoms with Crippen molar-refractivity contribution < 1.29 is 4.39 Å². The summed E-state index contributed by atoms with van der Waals surface area (Å²) < 4.78 is 14.6. The van der Waals surface area contributed by atoms with Gasteiger partial charge in [-0.15, -0.1) is 0 Å². The second kappa shape index (κ2) is 5.75. The summed E-state index contributed by atoms with van der Waals surface area (Å²) in [4.78, 5) is 3.63. The summed E-state index contributed by atoms with van der Waals surface area (Å²) in [5, 5.41) is 7.63. The molecule has 0 saturated heterocycles. The highest BCUT2D eigenvalue weighted by Gasteiger charge is 2.09. The normalized spacial score (nSPS) is 12.1. The molecule has 5 heteroatoms. The minimum atomic E-state index is -0.481. The number of halogens is 1. The molecule has 21 heavy (non-hydrogen) atoms. The first-order valence-corrected chi connectivity index (χ1v) is 6.70. The maximum atomic E-state index is 12.8. The van der Waals surface area contributed by atoms with Crippen LogP contribution in [0.25, 0.3) is 5.69 Å². The third-order valence-electron chi connectivity index (χ3n) is 3.23. The Labute approximate surface area is 122 Å². The Kier molecular flexibility index (Phi) is 3.64. The van der Waals surface area contributed by atoms with Gasteiger partial charge in [0.1, 0.15) is 0 Å². The van der Waals surface area contributed by atoms with Gasteiger partial charge in [-0.25, -0.2) is 9.67 Å². The Morgan fingerprint density at radius 3 is 2.62 bits per heavy atom. The van der Waals surface area contributed by atoms with E-state index < -0.39 is 5.95 Å². The molecule has 2 aromatic heterocycles. The van der Waals surface area contributed by atoms with E-state index in [9.17, 15) is 4.39 Å². The minimum absolute atomic E-state index is 0.0507. The lowest BCUT2D eigenvalue weighted by atomic mass is 10.2. The maximum absolute atomic E-state index is 12.8. The molecule has 0 aliphatic carbocycles. The van der Waals surface area contributed by atoms with Crippen LogP contribution in [0.2, 0.25) is 0 Å². The summed E-state index contributed by atoms with van der Waals surface area (Å²) in [6.07, 6.45) is 5.28. The lowest BCUT2D eigenvalue weighted by Crippen LogP contribution is -2.06. The van der Waals surface area contributed by atoms with E-state index >= 15 is 0 Å². The standard InChI is InChI=1S/C16H15FN4/c1-12(20-14-7-8-16(17)18-10-14)13-9-19-21(11-13)15-5-3-2-4-6-15/h2-12,20H,1H3. The number of nitrogens with one attached hydrogen (secondary N) is 1. The predicted octanol–water partition coefficient (Wildman–Crippen LogP) is 3.58. The number of rotatable bonds is 4. The van der Waals surface area contributed by atoms with Gasteiger partial charge < -0.3 is 5.32 Å². The first kappa shape index (κ1) is 13.3. The van der Waals surface area contributed by atoms with E-state index in [0.29, 0.717) is 0 Å². The average Bonchev–Trinajstić information content (AvgIpc) is 3.00. The second-order valence-electron chi connectivity index (χ2n) is 4.79. The fourth-order valence-corrected chi connectivity index (χ4v) is 2.08. The van der Waals surface area contributed by atoms with Crippen molar-refractivity contribution in [1.82, 2.24) is 14.8 Å². The zero-order chi connectivity index (χ0) is 14.7. The van der Waals surface area contributed by atoms with Crippen molar-refractivity contribution in [2.24, 2.45) is 0 Å². The van der Waals surface area contributed by atoms with Crippen molar-refractivity contribution in [1.29, 1.82) is 0 Å². The van der Waals surface area contributed by atoms with Crippen LogP contribution in [0.15, 0.2) is 61.1 Å². The molecule has 0 radical (unpaired) electrons. The molecule has 0 bridgehead atoms. The van der Waals surface area contributed by atoms with E-state index in [-0.39, 0.29) is 6.04 Å². The van der Waals surface area contributed by atoms with Crippen molar-refractivity contribution in [2.75, 3.05) is 5.32 Å². The van der Waals surface area contributed by atoms with Crippen molar-refractivity contribution in [2.45, 2.75) is 13.0 Å². The number of hydrogen-bond acceptors (Lipinski definition) is 3. The molecule has 4 nitrogen and oxygen atoms in total. The zero-order valence-electron chi connectivity index (χ0n) is 11.6. The molecule has 0 fully saturated rings. The van der Waals surface area contributed by atoms with E-state index in [2.05, 4.69) is 15.4 Å². The van der Waals surface area contributed by atoms with Crippen molar-refractivity contribution in [3.8, 4) is 5.69 Å². The lowest BCUT2D eigenvalue weighted by molar-refractivity contribution is 0.584. The van der Waals surface area contributed by atoms with Gasteiger partial charge >= 0.3 is 0 Å². The molecule has 0 saturated carbocycles. The molecule has 2 heterocycles. The summed E-state index contributed by atoms with van der Waals surface area (Å²) in [5.74, 6) is -0.481. The Balaban J connectivity index is 1.75. The molecule has 1 N–H and O–H groups in total. The number of nitrogens with zero attached hydrogens (tertiary/aromatic N) is 3. The topological polar surface area (TPSA) is 42.7 Å². The Hall–Kier alpha value is -2.69. The molecule has 0 amide bonds.